The van der Waals surface area contributed by atoms with E-state index >= 15 is 0 Å². The minimum absolute atomic E-state index is 0.109. The van der Waals surface area contributed by atoms with Gasteiger partial charge in [0.25, 0.3) is 0 Å². The van der Waals surface area contributed by atoms with E-state index in [1.54, 1.807) is 6.08 Å². The molecule has 0 aromatic heterocycles. The molecule has 0 saturated carbocycles. The molecule has 0 aromatic carbocycles. The normalized spacial score (nSPS) is 12.7. The molecule has 0 fully saturated rings. The van der Waals surface area contributed by atoms with Crippen LogP contribution in [-0.4, -0.2) is 37.2 Å². The van der Waals surface area contributed by atoms with E-state index in [0.29, 0.717) is 12.8 Å². The first-order valence-corrected chi connectivity index (χ1v) is 21.9. The highest BCUT2D eigenvalue weighted by Gasteiger charge is 2.19. The van der Waals surface area contributed by atoms with Gasteiger partial charge in [0.2, 0.25) is 0 Å². The molecule has 0 amide bonds. The third-order valence-corrected chi connectivity index (χ3v) is 8.99. The van der Waals surface area contributed by atoms with Crippen molar-refractivity contribution in [2.45, 2.75) is 200 Å². The van der Waals surface area contributed by atoms with E-state index in [2.05, 4.69) is 81.5 Å². The van der Waals surface area contributed by atoms with E-state index in [1.807, 2.05) is 6.08 Å². The highest BCUT2D eigenvalue weighted by Crippen LogP contribution is 2.14. The van der Waals surface area contributed by atoms with Crippen molar-refractivity contribution in [2.75, 3.05) is 13.2 Å². The molecule has 0 rings (SSSR count). The van der Waals surface area contributed by atoms with E-state index in [0.717, 1.165) is 89.9 Å². The van der Waals surface area contributed by atoms with Crippen LogP contribution >= 0.6 is 0 Å². The standard InChI is InChI=1S/C48H80O6/c1-4-7-10-13-16-19-21-22-23-24-25-27-29-32-35-38-41-47(50)53-44-45(43-52-46(49)40-37-34-31-28-18-15-12-9-6-3)54-48(51)42-39-36-33-30-26-20-17-14-11-8-5-2/h7,9-10,12,16,18-19,22-23,28,34,37,45H,4-6,8,11,13-15,17,20-21,24-27,29-33,35-36,38-44H2,1-3H3/b10-7-,12-9-,19-16-,23-22-,28-18-,37-34-. The zero-order chi connectivity index (χ0) is 39.4. The molecular weight excluding hydrogens is 673 g/mol. The summed E-state index contributed by atoms with van der Waals surface area (Å²) < 4.78 is 16.5. The summed E-state index contributed by atoms with van der Waals surface area (Å²) in [5.74, 6) is -1.06. The lowest BCUT2D eigenvalue weighted by Gasteiger charge is -2.18. The molecule has 0 aliphatic rings. The van der Waals surface area contributed by atoms with Gasteiger partial charge in [-0.3, -0.25) is 14.4 Å². The molecule has 0 aromatic rings. The lowest BCUT2D eigenvalue weighted by atomic mass is 10.1. The van der Waals surface area contributed by atoms with Crippen molar-refractivity contribution in [2.24, 2.45) is 0 Å². The van der Waals surface area contributed by atoms with Crippen molar-refractivity contribution in [1.29, 1.82) is 0 Å². The van der Waals surface area contributed by atoms with Gasteiger partial charge in [-0.25, -0.2) is 0 Å². The molecule has 6 nitrogen and oxygen atoms in total. The fraction of sp³-hybridized carbons (Fsp3) is 0.688. The lowest BCUT2D eigenvalue weighted by molar-refractivity contribution is -0.166. The third-order valence-electron chi connectivity index (χ3n) is 8.99. The van der Waals surface area contributed by atoms with Gasteiger partial charge in [-0.1, -0.05) is 184 Å². The van der Waals surface area contributed by atoms with E-state index < -0.39 is 12.1 Å². The Labute approximate surface area is 332 Å². The van der Waals surface area contributed by atoms with Gasteiger partial charge in [0, 0.05) is 12.8 Å². The number of unbranched alkanes of at least 4 members (excludes halogenated alkanes) is 16. The Balaban J connectivity index is 4.43. The van der Waals surface area contributed by atoms with Gasteiger partial charge in [0.15, 0.2) is 6.10 Å². The van der Waals surface area contributed by atoms with Gasteiger partial charge in [0.05, 0.1) is 6.42 Å². The summed E-state index contributed by atoms with van der Waals surface area (Å²) in [6.07, 6.45) is 52.0. The molecule has 0 saturated heterocycles. The SMILES string of the molecule is CC/C=C\C/C=C\C/C=C\CCCCCCCCC(=O)OCC(COC(=O)C/C=C\C/C=C\C/C=C\CC)OC(=O)CCCCCCCCCCCCC. The van der Waals surface area contributed by atoms with Crippen LogP contribution in [0.4, 0.5) is 0 Å². The molecule has 0 N–H and O–H groups in total. The number of carbonyl (C=O) groups is 3. The minimum Gasteiger partial charge on any atom is -0.462 e. The van der Waals surface area contributed by atoms with Crippen molar-refractivity contribution in [3.8, 4) is 0 Å². The Morgan fingerprint density at radius 3 is 1.30 bits per heavy atom. The third kappa shape index (κ3) is 40.0. The van der Waals surface area contributed by atoms with E-state index in [9.17, 15) is 14.4 Å². The van der Waals surface area contributed by atoms with Crippen LogP contribution in [-0.2, 0) is 28.6 Å². The van der Waals surface area contributed by atoms with Crippen LogP contribution in [0, 0.1) is 0 Å². The molecule has 0 radical (unpaired) electrons. The largest absolute Gasteiger partial charge is 0.462 e. The molecule has 1 unspecified atom stereocenters. The number of esters is 3. The first kappa shape index (κ1) is 50.9. The first-order chi connectivity index (χ1) is 26.5. The van der Waals surface area contributed by atoms with Gasteiger partial charge in [0.1, 0.15) is 13.2 Å². The maximum absolute atomic E-state index is 12.7. The van der Waals surface area contributed by atoms with Crippen LogP contribution in [0.1, 0.15) is 194 Å². The summed E-state index contributed by atoms with van der Waals surface area (Å²) in [6, 6.07) is 0. The molecule has 0 aliphatic carbocycles. The van der Waals surface area contributed by atoms with Gasteiger partial charge in [-0.2, -0.15) is 0 Å². The summed E-state index contributed by atoms with van der Waals surface area (Å²) in [7, 11) is 0. The van der Waals surface area contributed by atoms with Gasteiger partial charge >= 0.3 is 17.9 Å². The van der Waals surface area contributed by atoms with Crippen LogP contribution in [0.2, 0.25) is 0 Å². The maximum atomic E-state index is 12.7. The highest BCUT2D eigenvalue weighted by atomic mass is 16.6. The lowest BCUT2D eigenvalue weighted by Crippen LogP contribution is -2.30. The molecule has 1 atom stereocenters. The number of hydrogen-bond donors (Lipinski definition) is 0. The number of hydrogen-bond acceptors (Lipinski definition) is 6. The molecular formula is C48H80O6. The Hall–Kier alpha value is -3.15. The molecule has 308 valence electrons. The maximum Gasteiger partial charge on any atom is 0.309 e. The Kier molecular flexibility index (Phi) is 40.1. The fourth-order valence-electron chi connectivity index (χ4n) is 5.75. The summed E-state index contributed by atoms with van der Waals surface area (Å²) in [6.45, 7) is 6.27. The van der Waals surface area contributed by atoms with Crippen molar-refractivity contribution in [3.05, 3.63) is 72.9 Å². The second-order valence-electron chi connectivity index (χ2n) is 14.2. The van der Waals surface area contributed by atoms with Crippen LogP contribution < -0.4 is 0 Å². The smallest absolute Gasteiger partial charge is 0.309 e. The summed E-state index contributed by atoms with van der Waals surface area (Å²) >= 11 is 0. The van der Waals surface area contributed by atoms with Crippen molar-refractivity contribution < 1.29 is 28.6 Å². The predicted molar refractivity (Wildman–Crippen MR) is 228 cm³/mol. The Morgan fingerprint density at radius 1 is 0.407 bits per heavy atom. The monoisotopic (exact) mass is 753 g/mol. The van der Waals surface area contributed by atoms with Crippen LogP contribution in [0.5, 0.6) is 0 Å². The van der Waals surface area contributed by atoms with Crippen molar-refractivity contribution in [1.82, 2.24) is 0 Å². The van der Waals surface area contributed by atoms with E-state index in [-0.39, 0.29) is 31.6 Å². The average Bonchev–Trinajstić information content (AvgIpc) is 3.17. The zero-order valence-electron chi connectivity index (χ0n) is 35.0. The number of carbonyl (C=O) groups excluding carboxylic acids is 3. The van der Waals surface area contributed by atoms with E-state index in [1.165, 1.54) is 64.2 Å². The first-order valence-electron chi connectivity index (χ1n) is 21.9. The van der Waals surface area contributed by atoms with E-state index in [4.69, 9.17) is 14.2 Å². The van der Waals surface area contributed by atoms with Crippen molar-refractivity contribution in [3.63, 3.8) is 0 Å². The topological polar surface area (TPSA) is 78.9 Å². The van der Waals surface area contributed by atoms with Gasteiger partial charge < -0.3 is 14.2 Å². The van der Waals surface area contributed by atoms with Crippen LogP contribution in [0.3, 0.4) is 0 Å². The summed E-state index contributed by atoms with van der Waals surface area (Å²) in [5, 5.41) is 0. The molecule has 0 heterocycles. The number of rotatable bonds is 38. The summed E-state index contributed by atoms with van der Waals surface area (Å²) in [4.78, 5) is 37.5. The Morgan fingerprint density at radius 2 is 0.796 bits per heavy atom. The van der Waals surface area contributed by atoms with Crippen LogP contribution in [0.15, 0.2) is 72.9 Å². The summed E-state index contributed by atoms with van der Waals surface area (Å²) in [5.41, 5.74) is 0. The Bertz CT molecular complexity index is 1050. The van der Waals surface area contributed by atoms with Crippen LogP contribution in [0.25, 0.3) is 0 Å². The van der Waals surface area contributed by atoms with Crippen molar-refractivity contribution >= 4 is 17.9 Å². The second-order valence-corrected chi connectivity index (χ2v) is 14.2. The minimum atomic E-state index is -0.811. The highest BCUT2D eigenvalue weighted by molar-refractivity contribution is 5.72. The fourth-order valence-corrected chi connectivity index (χ4v) is 5.75. The number of ether oxygens (including phenoxy) is 3. The van der Waals surface area contributed by atoms with Gasteiger partial charge in [-0.05, 0) is 64.2 Å². The molecule has 0 aliphatic heterocycles. The molecule has 0 bridgehead atoms. The van der Waals surface area contributed by atoms with Gasteiger partial charge in [-0.15, -0.1) is 0 Å². The zero-order valence-corrected chi connectivity index (χ0v) is 35.0. The molecule has 0 spiro atoms. The molecule has 6 heteroatoms. The quantitative estimate of drug-likeness (QED) is 0.0270. The number of allylic oxidation sites excluding steroid dienone is 11. The second kappa shape index (κ2) is 42.6. The molecule has 54 heavy (non-hydrogen) atoms. The predicted octanol–water partition coefficient (Wildman–Crippen LogP) is 13.9. The average molecular weight is 753 g/mol.